The summed E-state index contributed by atoms with van der Waals surface area (Å²) in [6.45, 7) is 12.1. The van der Waals surface area contributed by atoms with E-state index in [0.29, 0.717) is 18.7 Å². The van der Waals surface area contributed by atoms with Gasteiger partial charge in [-0.1, -0.05) is 12.8 Å². The first kappa shape index (κ1) is 24.7. The Morgan fingerprint density at radius 2 is 1.80 bits per heavy atom. The van der Waals surface area contributed by atoms with Crippen LogP contribution in [0.2, 0.25) is 0 Å². The SMILES string of the molecule is Cc1c(C)c2c(c(C)c1OC(=O)NCCCCCCOP(C)(=O)O)CCC(C)(C)O2. The van der Waals surface area contributed by atoms with Gasteiger partial charge in [-0.05, 0) is 77.0 Å². The molecule has 2 rings (SSSR count). The van der Waals surface area contributed by atoms with Crippen LogP contribution in [0.3, 0.4) is 0 Å². The summed E-state index contributed by atoms with van der Waals surface area (Å²) in [4.78, 5) is 21.4. The molecule has 0 radical (unpaired) electrons. The van der Waals surface area contributed by atoms with Gasteiger partial charge in [0.25, 0.3) is 0 Å². The average Bonchev–Trinajstić information content (AvgIpc) is 2.64. The third kappa shape index (κ3) is 7.00. The van der Waals surface area contributed by atoms with E-state index in [9.17, 15) is 9.36 Å². The Balaban J connectivity index is 1.83. The molecule has 1 aliphatic rings. The maximum atomic E-state index is 12.3. The zero-order valence-electron chi connectivity index (χ0n) is 19.1. The van der Waals surface area contributed by atoms with Gasteiger partial charge < -0.3 is 24.2 Å². The van der Waals surface area contributed by atoms with E-state index >= 15 is 0 Å². The Bertz CT molecular complexity index is 815. The normalized spacial score (nSPS) is 16.9. The summed E-state index contributed by atoms with van der Waals surface area (Å²) in [6, 6.07) is 0. The van der Waals surface area contributed by atoms with Crippen LogP contribution in [0.5, 0.6) is 11.5 Å². The highest BCUT2D eigenvalue weighted by Gasteiger charge is 2.31. The van der Waals surface area contributed by atoms with E-state index in [1.165, 1.54) is 6.66 Å². The van der Waals surface area contributed by atoms with Crippen molar-refractivity contribution in [2.45, 2.75) is 78.7 Å². The zero-order valence-corrected chi connectivity index (χ0v) is 20.0. The molecule has 1 aromatic rings. The lowest BCUT2D eigenvalue weighted by atomic mass is 9.88. The highest BCUT2D eigenvalue weighted by atomic mass is 31.2. The van der Waals surface area contributed by atoms with Crippen molar-refractivity contribution < 1.29 is 28.3 Å². The minimum atomic E-state index is -3.38. The van der Waals surface area contributed by atoms with Gasteiger partial charge in [0.2, 0.25) is 0 Å². The summed E-state index contributed by atoms with van der Waals surface area (Å²) in [6.07, 6.45) is 4.67. The number of hydrogen-bond acceptors (Lipinski definition) is 5. The van der Waals surface area contributed by atoms with Crippen LogP contribution in [0.4, 0.5) is 4.79 Å². The molecule has 1 aromatic carbocycles. The van der Waals surface area contributed by atoms with Crippen LogP contribution >= 0.6 is 7.60 Å². The number of amides is 1. The Morgan fingerprint density at radius 3 is 2.47 bits per heavy atom. The molecule has 1 unspecified atom stereocenters. The van der Waals surface area contributed by atoms with Crippen molar-refractivity contribution in [1.29, 1.82) is 0 Å². The smallest absolute Gasteiger partial charge is 0.412 e. The molecule has 8 heteroatoms. The number of unbranched alkanes of at least 4 members (excludes halogenated alkanes) is 3. The number of rotatable bonds is 9. The summed E-state index contributed by atoms with van der Waals surface area (Å²) in [5.74, 6) is 1.55. The maximum absolute atomic E-state index is 12.3. The van der Waals surface area contributed by atoms with Crippen molar-refractivity contribution in [3.05, 3.63) is 22.3 Å². The highest BCUT2D eigenvalue weighted by molar-refractivity contribution is 7.51. The molecule has 0 fully saturated rings. The quantitative estimate of drug-likeness (QED) is 0.404. The van der Waals surface area contributed by atoms with Gasteiger partial charge in [0.05, 0.1) is 6.61 Å². The van der Waals surface area contributed by atoms with Gasteiger partial charge >= 0.3 is 13.7 Å². The molecule has 170 valence electrons. The Morgan fingerprint density at radius 1 is 1.13 bits per heavy atom. The zero-order chi connectivity index (χ0) is 22.5. The van der Waals surface area contributed by atoms with Crippen LogP contribution in [0.15, 0.2) is 0 Å². The standard InChI is InChI=1S/C22H36NO6P/c1-15-16(2)20-18(11-12-22(4,5)29-20)17(3)19(15)28-21(24)23-13-9-7-8-10-14-27-30(6,25)26/h7-14H2,1-6H3,(H,23,24)(H,25,26). The first-order valence-electron chi connectivity index (χ1n) is 10.6. The van der Waals surface area contributed by atoms with Gasteiger partial charge in [0.1, 0.15) is 17.1 Å². The molecule has 7 nitrogen and oxygen atoms in total. The summed E-state index contributed by atoms with van der Waals surface area (Å²) in [7, 11) is -3.38. The minimum absolute atomic E-state index is 0.184. The predicted molar refractivity (Wildman–Crippen MR) is 118 cm³/mol. The highest BCUT2D eigenvalue weighted by Crippen LogP contribution is 2.43. The molecule has 0 aliphatic carbocycles. The van der Waals surface area contributed by atoms with Crippen LogP contribution in [0.25, 0.3) is 0 Å². The minimum Gasteiger partial charge on any atom is -0.487 e. The largest absolute Gasteiger partial charge is 0.487 e. The van der Waals surface area contributed by atoms with E-state index in [1.807, 2.05) is 20.8 Å². The number of benzene rings is 1. The van der Waals surface area contributed by atoms with Crippen LogP contribution in [0, 0.1) is 20.8 Å². The predicted octanol–water partition coefficient (Wildman–Crippen LogP) is 5.20. The molecule has 2 N–H and O–H groups in total. The lowest BCUT2D eigenvalue weighted by Gasteiger charge is -2.35. The van der Waals surface area contributed by atoms with Gasteiger partial charge in [-0.25, -0.2) is 4.79 Å². The molecule has 0 saturated carbocycles. The number of nitrogens with one attached hydrogen (secondary N) is 1. The molecule has 1 aliphatic heterocycles. The summed E-state index contributed by atoms with van der Waals surface area (Å²) >= 11 is 0. The van der Waals surface area contributed by atoms with E-state index in [4.69, 9.17) is 18.9 Å². The molecular formula is C22H36NO6P. The topological polar surface area (TPSA) is 94.1 Å². The molecule has 0 bridgehead atoms. The van der Waals surface area contributed by atoms with Crippen molar-refractivity contribution in [2.75, 3.05) is 19.8 Å². The number of hydrogen-bond donors (Lipinski definition) is 2. The maximum Gasteiger partial charge on any atom is 0.412 e. The van der Waals surface area contributed by atoms with Gasteiger partial charge in [-0.15, -0.1) is 0 Å². The molecule has 1 heterocycles. The second kappa shape index (κ2) is 10.2. The molecule has 0 spiro atoms. The fourth-order valence-electron chi connectivity index (χ4n) is 3.63. The van der Waals surface area contributed by atoms with Gasteiger partial charge in [-0.2, -0.15) is 0 Å². The lowest BCUT2D eigenvalue weighted by molar-refractivity contribution is 0.0831. The number of ether oxygens (including phenoxy) is 2. The van der Waals surface area contributed by atoms with Crippen molar-refractivity contribution in [3.63, 3.8) is 0 Å². The molecule has 1 atom stereocenters. The number of carbonyl (C=O) groups is 1. The van der Waals surface area contributed by atoms with E-state index in [1.54, 1.807) is 0 Å². The second-order valence-electron chi connectivity index (χ2n) is 8.74. The third-order valence-corrected chi connectivity index (χ3v) is 6.19. The molecular weight excluding hydrogens is 405 g/mol. The Kier molecular flexibility index (Phi) is 8.37. The fraction of sp³-hybridized carbons (Fsp3) is 0.682. The van der Waals surface area contributed by atoms with E-state index < -0.39 is 13.7 Å². The van der Waals surface area contributed by atoms with Crippen molar-refractivity contribution in [1.82, 2.24) is 5.32 Å². The molecule has 1 amide bonds. The number of fused-ring (bicyclic) bond motifs is 1. The first-order chi connectivity index (χ1) is 13.9. The van der Waals surface area contributed by atoms with Gasteiger partial charge in [-0.3, -0.25) is 4.57 Å². The second-order valence-corrected chi connectivity index (χ2v) is 10.6. The van der Waals surface area contributed by atoms with Crippen LogP contribution in [0.1, 0.15) is 68.2 Å². The average molecular weight is 442 g/mol. The third-order valence-electron chi connectivity index (χ3n) is 5.53. The van der Waals surface area contributed by atoms with Crippen LogP contribution in [-0.4, -0.2) is 36.4 Å². The van der Waals surface area contributed by atoms with Crippen LogP contribution < -0.4 is 14.8 Å². The van der Waals surface area contributed by atoms with Crippen LogP contribution in [-0.2, 0) is 15.5 Å². The first-order valence-corrected chi connectivity index (χ1v) is 12.7. The lowest BCUT2D eigenvalue weighted by Crippen LogP contribution is -2.34. The molecule has 30 heavy (non-hydrogen) atoms. The van der Waals surface area contributed by atoms with Crippen molar-refractivity contribution >= 4 is 13.7 Å². The Labute approximate surface area is 180 Å². The fourth-order valence-corrected chi connectivity index (χ4v) is 4.10. The van der Waals surface area contributed by atoms with Gasteiger partial charge in [0.15, 0.2) is 0 Å². The van der Waals surface area contributed by atoms with E-state index in [2.05, 4.69) is 19.2 Å². The number of carbonyl (C=O) groups excluding carboxylic acids is 1. The van der Waals surface area contributed by atoms with Gasteiger partial charge in [0, 0.05) is 18.8 Å². The molecule has 0 aromatic heterocycles. The van der Waals surface area contributed by atoms with Crippen molar-refractivity contribution in [2.24, 2.45) is 0 Å². The Hall–Kier alpha value is -1.56. The monoisotopic (exact) mass is 441 g/mol. The van der Waals surface area contributed by atoms with Crippen molar-refractivity contribution in [3.8, 4) is 11.5 Å². The summed E-state index contributed by atoms with van der Waals surface area (Å²) < 4.78 is 27.7. The summed E-state index contributed by atoms with van der Waals surface area (Å²) in [5.41, 5.74) is 3.86. The molecule has 0 saturated heterocycles. The van der Waals surface area contributed by atoms with E-state index in [-0.39, 0.29) is 12.2 Å². The van der Waals surface area contributed by atoms with E-state index in [0.717, 1.165) is 60.1 Å². The summed E-state index contributed by atoms with van der Waals surface area (Å²) in [5, 5.41) is 2.81.